The van der Waals surface area contributed by atoms with Gasteiger partial charge in [-0.05, 0) is 60.5 Å². The Morgan fingerprint density at radius 1 is 0.615 bits per heavy atom. The molecule has 0 saturated carbocycles. The third-order valence-corrected chi connectivity index (χ3v) is 7.27. The number of pyridine rings is 4. The molecule has 0 N–H and O–H groups in total. The van der Waals surface area contributed by atoms with Crippen LogP contribution in [0.25, 0.3) is 60.6 Å². The second-order valence-electron chi connectivity index (χ2n) is 9.42. The molecule has 6 heterocycles. The Kier molecular flexibility index (Phi) is 5.37. The molecule has 39 heavy (non-hydrogen) atoms. The van der Waals surface area contributed by atoms with Crippen LogP contribution in [-0.4, -0.2) is 29.1 Å². The summed E-state index contributed by atoms with van der Waals surface area (Å²) in [6.45, 7) is 6.21. The first-order chi connectivity index (χ1) is 19.2. The molecule has 6 aromatic heterocycles. The molecule has 0 unspecified atom stereocenters. The third kappa shape index (κ3) is 3.65. The second-order valence-corrected chi connectivity index (χ2v) is 9.42. The van der Waals surface area contributed by atoms with Gasteiger partial charge in [0.2, 0.25) is 0 Å². The van der Waals surface area contributed by atoms with Gasteiger partial charge in [-0.2, -0.15) is 0 Å². The molecule has 186 valence electrons. The van der Waals surface area contributed by atoms with Crippen molar-refractivity contribution < 1.29 is 0 Å². The minimum Gasteiger partial charge on any atom is -0.313 e. The van der Waals surface area contributed by atoms with E-state index < -0.39 is 0 Å². The van der Waals surface area contributed by atoms with E-state index in [1.807, 2.05) is 79.9 Å². The summed E-state index contributed by atoms with van der Waals surface area (Å²) in [6, 6.07) is 16.8. The van der Waals surface area contributed by atoms with Gasteiger partial charge in [0.15, 0.2) is 0 Å². The average molecular weight is 505 g/mol. The number of aromatic nitrogens is 6. The lowest BCUT2D eigenvalue weighted by molar-refractivity contribution is 1.17. The maximum absolute atomic E-state index is 4.33. The molecular weight excluding hydrogens is 480 g/mol. The molecule has 0 aliphatic rings. The van der Waals surface area contributed by atoms with Crippen LogP contribution in [-0.2, 0) is 0 Å². The van der Waals surface area contributed by atoms with Gasteiger partial charge in [0.05, 0.1) is 22.1 Å². The van der Waals surface area contributed by atoms with E-state index in [4.69, 9.17) is 0 Å². The van der Waals surface area contributed by atoms with Gasteiger partial charge in [0, 0.05) is 82.5 Å². The Bertz CT molecular complexity index is 1980. The molecule has 0 aliphatic heterocycles. The molecule has 7 rings (SSSR count). The Hall–Kier alpha value is -5.36. The van der Waals surface area contributed by atoms with Crippen LogP contribution >= 0.6 is 0 Å². The SMILES string of the molecule is C=C/C(=C\C=C(/C)n1c2ccncc2c2cnccc21)c1ccc(-n2c3ccncc3c3cnccc32)cc1. The van der Waals surface area contributed by atoms with Crippen molar-refractivity contribution >= 4 is 54.9 Å². The van der Waals surface area contributed by atoms with Crippen molar-refractivity contribution in [2.75, 3.05) is 0 Å². The molecule has 0 spiro atoms. The summed E-state index contributed by atoms with van der Waals surface area (Å²) in [6.07, 6.45) is 21.1. The first-order valence-corrected chi connectivity index (χ1v) is 12.7. The van der Waals surface area contributed by atoms with Crippen molar-refractivity contribution in [3.63, 3.8) is 0 Å². The molecule has 0 radical (unpaired) electrons. The lowest BCUT2D eigenvalue weighted by Gasteiger charge is -2.10. The lowest BCUT2D eigenvalue weighted by Crippen LogP contribution is -1.94. The van der Waals surface area contributed by atoms with Gasteiger partial charge in [0.25, 0.3) is 0 Å². The normalized spacial score (nSPS) is 12.6. The van der Waals surface area contributed by atoms with Crippen LogP contribution in [0.2, 0.25) is 0 Å². The Labute approximate surface area is 224 Å². The smallest absolute Gasteiger partial charge is 0.0572 e. The summed E-state index contributed by atoms with van der Waals surface area (Å²) in [7, 11) is 0. The van der Waals surface area contributed by atoms with Crippen LogP contribution in [0.3, 0.4) is 0 Å². The van der Waals surface area contributed by atoms with Gasteiger partial charge in [0.1, 0.15) is 0 Å². The molecule has 6 heteroatoms. The maximum Gasteiger partial charge on any atom is 0.0572 e. The van der Waals surface area contributed by atoms with Gasteiger partial charge in [-0.1, -0.05) is 30.9 Å². The first kappa shape index (κ1) is 22.8. The number of hydrogen-bond acceptors (Lipinski definition) is 4. The molecule has 0 saturated heterocycles. The largest absolute Gasteiger partial charge is 0.313 e. The zero-order valence-electron chi connectivity index (χ0n) is 21.4. The molecule has 1 aromatic carbocycles. The molecular formula is C33H24N6. The highest BCUT2D eigenvalue weighted by Gasteiger charge is 2.13. The van der Waals surface area contributed by atoms with Crippen molar-refractivity contribution in [3.05, 3.63) is 128 Å². The summed E-state index contributed by atoms with van der Waals surface area (Å²) >= 11 is 0. The van der Waals surface area contributed by atoms with Crippen molar-refractivity contribution in [2.24, 2.45) is 0 Å². The number of benzene rings is 1. The van der Waals surface area contributed by atoms with Crippen molar-refractivity contribution in [1.29, 1.82) is 0 Å². The first-order valence-electron chi connectivity index (χ1n) is 12.7. The van der Waals surface area contributed by atoms with Crippen LogP contribution < -0.4 is 0 Å². The highest BCUT2D eigenvalue weighted by atomic mass is 15.0. The fourth-order valence-electron chi connectivity index (χ4n) is 5.45. The van der Waals surface area contributed by atoms with Crippen molar-refractivity contribution in [2.45, 2.75) is 6.92 Å². The Morgan fingerprint density at radius 3 is 1.56 bits per heavy atom. The summed E-state index contributed by atoms with van der Waals surface area (Å²) in [4.78, 5) is 17.3. The molecule has 0 aliphatic carbocycles. The Balaban J connectivity index is 1.29. The fraction of sp³-hybridized carbons (Fsp3) is 0.0303. The van der Waals surface area contributed by atoms with Gasteiger partial charge in [-0.25, -0.2) is 0 Å². The highest BCUT2D eigenvalue weighted by Crippen LogP contribution is 2.32. The predicted molar refractivity (Wildman–Crippen MR) is 160 cm³/mol. The van der Waals surface area contributed by atoms with Crippen LogP contribution in [0.5, 0.6) is 0 Å². The van der Waals surface area contributed by atoms with E-state index in [0.717, 1.165) is 66.1 Å². The fourth-order valence-corrected chi connectivity index (χ4v) is 5.45. The van der Waals surface area contributed by atoms with Crippen molar-refractivity contribution in [1.82, 2.24) is 29.1 Å². The van der Waals surface area contributed by atoms with E-state index in [-0.39, 0.29) is 0 Å². The van der Waals surface area contributed by atoms with Crippen LogP contribution in [0.4, 0.5) is 0 Å². The highest BCUT2D eigenvalue weighted by molar-refractivity contribution is 6.09. The van der Waals surface area contributed by atoms with Gasteiger partial charge >= 0.3 is 0 Å². The average Bonchev–Trinajstić information content (AvgIpc) is 3.51. The van der Waals surface area contributed by atoms with E-state index in [0.29, 0.717) is 0 Å². The lowest BCUT2D eigenvalue weighted by atomic mass is 10.0. The van der Waals surface area contributed by atoms with E-state index in [9.17, 15) is 0 Å². The number of allylic oxidation sites excluding steroid dienone is 5. The molecule has 0 amide bonds. The van der Waals surface area contributed by atoms with E-state index >= 15 is 0 Å². The zero-order chi connectivity index (χ0) is 26.3. The summed E-state index contributed by atoms with van der Waals surface area (Å²) < 4.78 is 4.51. The second kappa shape index (κ2) is 9.19. The maximum atomic E-state index is 4.33. The van der Waals surface area contributed by atoms with Crippen LogP contribution in [0.15, 0.2) is 123 Å². The van der Waals surface area contributed by atoms with Gasteiger partial charge < -0.3 is 9.13 Å². The van der Waals surface area contributed by atoms with Gasteiger partial charge in [-0.15, -0.1) is 0 Å². The molecule has 0 atom stereocenters. The molecule has 0 fully saturated rings. The monoisotopic (exact) mass is 504 g/mol. The third-order valence-electron chi connectivity index (χ3n) is 7.27. The standard InChI is InChI=1S/C33H24N6/c1-3-23(5-4-22(2)38-30-10-14-34-18-26(30)27-19-35-15-11-31(27)38)24-6-8-25(9-7-24)39-32-12-16-36-20-28(32)29-21-37-17-13-33(29)39/h3-21H,1H2,2H3/b22-4+,23-5+. The van der Waals surface area contributed by atoms with E-state index in [2.05, 4.69) is 79.0 Å². The zero-order valence-corrected chi connectivity index (χ0v) is 21.4. The van der Waals surface area contributed by atoms with Crippen molar-refractivity contribution in [3.8, 4) is 5.69 Å². The molecule has 6 nitrogen and oxygen atoms in total. The minimum atomic E-state index is 1.04. The summed E-state index contributed by atoms with van der Waals surface area (Å²) in [5, 5.41) is 4.36. The predicted octanol–water partition coefficient (Wildman–Crippen LogP) is 7.60. The number of fused-ring (bicyclic) bond motifs is 6. The summed E-state index contributed by atoms with van der Waals surface area (Å²) in [5.74, 6) is 0. The molecule has 7 aromatic rings. The number of rotatable bonds is 5. The number of nitrogens with zero attached hydrogens (tertiary/aromatic N) is 6. The quantitative estimate of drug-likeness (QED) is 0.226. The minimum absolute atomic E-state index is 1.04. The van der Waals surface area contributed by atoms with Gasteiger partial charge in [-0.3, -0.25) is 19.9 Å². The van der Waals surface area contributed by atoms with Crippen LogP contribution in [0.1, 0.15) is 12.5 Å². The Morgan fingerprint density at radius 2 is 1.08 bits per heavy atom. The van der Waals surface area contributed by atoms with E-state index in [1.165, 1.54) is 0 Å². The van der Waals surface area contributed by atoms with Crippen LogP contribution in [0, 0.1) is 0 Å². The summed E-state index contributed by atoms with van der Waals surface area (Å²) in [5.41, 5.74) is 8.74. The topological polar surface area (TPSA) is 61.4 Å². The molecule has 0 bridgehead atoms. The number of hydrogen-bond donors (Lipinski definition) is 0. The van der Waals surface area contributed by atoms with E-state index in [1.54, 1.807) is 0 Å².